The molecule has 26 heavy (non-hydrogen) atoms. The summed E-state index contributed by atoms with van der Waals surface area (Å²) in [6.45, 7) is 1.91. The van der Waals surface area contributed by atoms with Crippen molar-refractivity contribution >= 4 is 16.7 Å². The second-order valence-corrected chi connectivity index (χ2v) is 6.58. The number of aryl methyl sites for hydroxylation is 1. The largest absolute Gasteiger partial charge is 0.268 e. The number of hydrogen-bond donors (Lipinski definition) is 0. The smallest absolute Gasteiger partial charge is 0.266 e. The van der Waals surface area contributed by atoms with Gasteiger partial charge in [-0.3, -0.25) is 9.59 Å². The van der Waals surface area contributed by atoms with E-state index in [1.807, 2.05) is 73.7 Å². The highest BCUT2D eigenvalue weighted by atomic mass is 16.2. The van der Waals surface area contributed by atoms with Crippen LogP contribution >= 0.6 is 0 Å². The van der Waals surface area contributed by atoms with Crippen LogP contribution in [0.3, 0.4) is 0 Å². The van der Waals surface area contributed by atoms with Gasteiger partial charge < -0.3 is 0 Å². The van der Waals surface area contributed by atoms with E-state index in [-0.39, 0.29) is 11.5 Å². The molecule has 3 aromatic carbocycles. The highest BCUT2D eigenvalue weighted by molar-refractivity contribution is 6.16. The van der Waals surface area contributed by atoms with E-state index in [1.165, 1.54) is 4.57 Å². The zero-order valence-corrected chi connectivity index (χ0v) is 14.2. The van der Waals surface area contributed by atoms with Gasteiger partial charge in [-0.05, 0) is 29.5 Å². The number of pyridine rings is 1. The van der Waals surface area contributed by atoms with Crippen LogP contribution in [-0.2, 0) is 0 Å². The van der Waals surface area contributed by atoms with Crippen molar-refractivity contribution in [2.75, 3.05) is 0 Å². The van der Waals surface area contributed by atoms with Crippen LogP contribution in [0.5, 0.6) is 0 Å². The van der Waals surface area contributed by atoms with Crippen LogP contribution in [0.4, 0.5) is 0 Å². The number of carbonyl (C=O) groups is 1. The lowest BCUT2D eigenvalue weighted by molar-refractivity contribution is 0.0966. The minimum absolute atomic E-state index is 0.242. The molecule has 0 radical (unpaired) electrons. The highest BCUT2D eigenvalue weighted by Gasteiger charge is 2.32. The molecule has 4 aromatic rings. The van der Waals surface area contributed by atoms with Gasteiger partial charge in [0.2, 0.25) is 0 Å². The van der Waals surface area contributed by atoms with Gasteiger partial charge >= 0.3 is 0 Å². The summed E-state index contributed by atoms with van der Waals surface area (Å²) in [5.41, 5.74) is 4.66. The van der Waals surface area contributed by atoms with Gasteiger partial charge in [0.15, 0.2) is 0 Å². The molecule has 0 bridgehead atoms. The van der Waals surface area contributed by atoms with Crippen LogP contribution < -0.4 is 5.56 Å². The Morgan fingerprint density at radius 2 is 1.42 bits per heavy atom. The maximum absolute atomic E-state index is 13.2. The van der Waals surface area contributed by atoms with Crippen LogP contribution in [0.15, 0.2) is 77.6 Å². The molecule has 3 nitrogen and oxygen atoms in total. The SMILES string of the molecule is Cc1cccc2c(-c3ccccc3)c3n(c(=O)c12)C(=O)c1ccccc1-3. The van der Waals surface area contributed by atoms with Gasteiger partial charge in [-0.25, -0.2) is 4.57 Å². The predicted octanol–water partition coefficient (Wildman–Crippen LogP) is 4.65. The third kappa shape index (κ3) is 1.83. The van der Waals surface area contributed by atoms with E-state index in [2.05, 4.69) is 0 Å². The molecule has 1 aliphatic heterocycles. The van der Waals surface area contributed by atoms with Crippen LogP contribution in [0.1, 0.15) is 15.9 Å². The van der Waals surface area contributed by atoms with Crippen molar-refractivity contribution in [1.29, 1.82) is 0 Å². The van der Waals surface area contributed by atoms with Gasteiger partial charge in [-0.1, -0.05) is 66.7 Å². The molecular weight excluding hydrogens is 322 g/mol. The third-order valence-corrected chi connectivity index (χ3v) is 5.10. The van der Waals surface area contributed by atoms with Crippen molar-refractivity contribution in [1.82, 2.24) is 4.57 Å². The van der Waals surface area contributed by atoms with Crippen molar-refractivity contribution in [2.45, 2.75) is 6.92 Å². The first-order valence-electron chi connectivity index (χ1n) is 8.56. The van der Waals surface area contributed by atoms with Gasteiger partial charge in [0.05, 0.1) is 11.1 Å². The zero-order chi connectivity index (χ0) is 17.8. The second-order valence-electron chi connectivity index (χ2n) is 6.58. The number of hydrogen-bond acceptors (Lipinski definition) is 2. The van der Waals surface area contributed by atoms with E-state index in [0.29, 0.717) is 16.6 Å². The number of nitrogens with zero attached hydrogens (tertiary/aromatic N) is 1. The summed E-state index contributed by atoms with van der Waals surface area (Å²) >= 11 is 0. The third-order valence-electron chi connectivity index (χ3n) is 5.10. The topological polar surface area (TPSA) is 39.1 Å². The zero-order valence-electron chi connectivity index (χ0n) is 14.2. The van der Waals surface area contributed by atoms with Gasteiger partial charge in [0.25, 0.3) is 11.5 Å². The van der Waals surface area contributed by atoms with Crippen molar-refractivity contribution in [2.24, 2.45) is 0 Å². The quantitative estimate of drug-likeness (QED) is 0.447. The van der Waals surface area contributed by atoms with Crippen LogP contribution in [0.25, 0.3) is 33.2 Å². The molecule has 124 valence electrons. The molecule has 0 saturated heterocycles. The lowest BCUT2D eigenvalue weighted by Gasteiger charge is -2.15. The van der Waals surface area contributed by atoms with E-state index in [9.17, 15) is 9.59 Å². The first-order valence-corrected chi connectivity index (χ1v) is 8.56. The molecule has 0 spiro atoms. The average molecular weight is 337 g/mol. The van der Waals surface area contributed by atoms with Crippen LogP contribution in [0, 0.1) is 6.92 Å². The molecule has 5 rings (SSSR count). The van der Waals surface area contributed by atoms with E-state index in [4.69, 9.17) is 0 Å². The monoisotopic (exact) mass is 337 g/mol. The Morgan fingerprint density at radius 1 is 0.731 bits per heavy atom. The van der Waals surface area contributed by atoms with Gasteiger partial charge in [-0.15, -0.1) is 0 Å². The number of rotatable bonds is 1. The Labute approximate surface area is 150 Å². The van der Waals surface area contributed by atoms with Gasteiger partial charge in [-0.2, -0.15) is 0 Å². The Bertz CT molecular complexity index is 1270. The first kappa shape index (κ1) is 14.8. The van der Waals surface area contributed by atoms with Crippen LogP contribution in [-0.4, -0.2) is 10.5 Å². The Kier molecular flexibility index (Phi) is 3.01. The molecule has 0 atom stereocenters. The molecule has 2 heterocycles. The van der Waals surface area contributed by atoms with Gasteiger partial charge in [0.1, 0.15) is 0 Å². The molecule has 0 aliphatic carbocycles. The van der Waals surface area contributed by atoms with Gasteiger partial charge in [0, 0.05) is 16.7 Å². The lowest BCUT2D eigenvalue weighted by Crippen LogP contribution is -2.25. The minimum Gasteiger partial charge on any atom is -0.268 e. The molecule has 0 fully saturated rings. The van der Waals surface area contributed by atoms with E-state index in [0.717, 1.165) is 27.6 Å². The minimum atomic E-state index is -0.247. The fraction of sp³-hybridized carbons (Fsp3) is 0.0435. The molecule has 0 amide bonds. The fourth-order valence-corrected chi connectivity index (χ4v) is 3.96. The molecule has 0 N–H and O–H groups in total. The summed E-state index contributed by atoms with van der Waals surface area (Å²) in [6, 6.07) is 23.2. The summed E-state index contributed by atoms with van der Waals surface area (Å²) in [5, 5.41) is 1.49. The van der Waals surface area contributed by atoms with Crippen LogP contribution in [0.2, 0.25) is 0 Å². The molecule has 0 saturated carbocycles. The molecular formula is C23H15NO2. The van der Waals surface area contributed by atoms with E-state index >= 15 is 0 Å². The molecule has 1 aliphatic rings. The number of benzene rings is 3. The lowest BCUT2D eigenvalue weighted by atomic mass is 9.93. The molecule has 1 aromatic heterocycles. The Morgan fingerprint density at radius 3 is 2.19 bits per heavy atom. The highest BCUT2D eigenvalue weighted by Crippen LogP contribution is 2.41. The van der Waals surface area contributed by atoms with E-state index in [1.54, 1.807) is 6.07 Å². The summed E-state index contributed by atoms with van der Waals surface area (Å²) in [5.74, 6) is -0.247. The standard InChI is InChI=1S/C23H15NO2/c1-14-8-7-13-18-19(14)23(26)24-21(20(18)15-9-3-2-4-10-15)16-11-5-6-12-17(16)22(24)25/h2-13H,1H3. The average Bonchev–Trinajstić information content (AvgIpc) is 2.96. The Hall–Kier alpha value is -3.46. The van der Waals surface area contributed by atoms with Crippen molar-refractivity contribution in [3.63, 3.8) is 0 Å². The predicted molar refractivity (Wildman–Crippen MR) is 104 cm³/mol. The van der Waals surface area contributed by atoms with Crippen molar-refractivity contribution in [3.05, 3.63) is 94.3 Å². The maximum Gasteiger partial charge on any atom is 0.266 e. The summed E-state index contributed by atoms with van der Waals surface area (Å²) in [7, 11) is 0. The molecule has 0 unspecified atom stereocenters. The van der Waals surface area contributed by atoms with Crippen molar-refractivity contribution < 1.29 is 4.79 Å². The van der Waals surface area contributed by atoms with E-state index < -0.39 is 0 Å². The summed E-state index contributed by atoms with van der Waals surface area (Å²) in [6.07, 6.45) is 0. The maximum atomic E-state index is 13.2. The number of fused-ring (bicyclic) bond motifs is 4. The summed E-state index contributed by atoms with van der Waals surface area (Å²) < 4.78 is 1.35. The number of carbonyl (C=O) groups excluding carboxylic acids is 1. The fourth-order valence-electron chi connectivity index (χ4n) is 3.96. The summed E-state index contributed by atoms with van der Waals surface area (Å²) in [4.78, 5) is 26.3. The normalized spacial score (nSPS) is 12.3. The van der Waals surface area contributed by atoms with Crippen molar-refractivity contribution in [3.8, 4) is 22.4 Å². The Balaban J connectivity index is 2.08. The number of aromatic nitrogens is 1. The molecule has 3 heteroatoms. The first-order chi connectivity index (χ1) is 12.7. The second kappa shape index (κ2) is 5.27.